The number of amides is 1. The zero-order valence-corrected chi connectivity index (χ0v) is 10.9. The quantitative estimate of drug-likeness (QED) is 0.830. The van der Waals surface area contributed by atoms with Gasteiger partial charge in [0.2, 0.25) is 5.91 Å². The maximum Gasteiger partial charge on any atom is 0.227 e. The lowest BCUT2D eigenvalue weighted by Gasteiger charge is -2.16. The summed E-state index contributed by atoms with van der Waals surface area (Å²) in [6.07, 6.45) is 0.308. The Labute approximate surface area is 110 Å². The van der Waals surface area contributed by atoms with Gasteiger partial charge in [-0.3, -0.25) is 4.79 Å². The Balaban J connectivity index is 1.93. The number of carbonyl (C=O) groups excluding carboxylic acids is 1. The number of nitrogens with zero attached hydrogens (tertiary/aromatic N) is 1. The van der Waals surface area contributed by atoms with E-state index in [1.807, 2.05) is 17.5 Å². The molecule has 4 heteroatoms. The predicted octanol–water partition coefficient (Wildman–Crippen LogP) is 3.09. The lowest BCUT2D eigenvalue weighted by molar-refractivity contribution is -0.129. The third-order valence-electron chi connectivity index (χ3n) is 2.67. The first-order chi connectivity index (χ1) is 8.65. The molecule has 0 saturated carbocycles. The van der Waals surface area contributed by atoms with E-state index < -0.39 is 0 Å². The third kappa shape index (κ3) is 3.40. The Kier molecular flexibility index (Phi) is 4.10. The van der Waals surface area contributed by atoms with Crippen molar-refractivity contribution in [1.82, 2.24) is 4.90 Å². The normalized spacial score (nSPS) is 10.3. The van der Waals surface area contributed by atoms with Gasteiger partial charge >= 0.3 is 0 Å². The standard InChI is InChI=1S/C14H14FNOS/c1-16(10-13-3-2-8-18-13)14(17)9-11-4-6-12(15)7-5-11/h2-8H,9-10H2,1H3. The van der Waals surface area contributed by atoms with E-state index in [0.29, 0.717) is 13.0 Å². The molecule has 1 amide bonds. The van der Waals surface area contributed by atoms with E-state index in [2.05, 4.69) is 0 Å². The minimum atomic E-state index is -0.280. The Bertz CT molecular complexity index is 507. The molecule has 0 saturated heterocycles. The van der Waals surface area contributed by atoms with Crippen LogP contribution in [0.2, 0.25) is 0 Å². The second-order valence-electron chi connectivity index (χ2n) is 4.13. The molecule has 0 radical (unpaired) electrons. The molecule has 18 heavy (non-hydrogen) atoms. The first-order valence-electron chi connectivity index (χ1n) is 5.66. The van der Waals surface area contributed by atoms with Crippen LogP contribution in [-0.4, -0.2) is 17.9 Å². The Morgan fingerprint density at radius 3 is 2.61 bits per heavy atom. The molecule has 0 bridgehead atoms. The van der Waals surface area contributed by atoms with Crippen molar-refractivity contribution in [3.8, 4) is 0 Å². The molecule has 2 rings (SSSR count). The van der Waals surface area contributed by atoms with Crippen LogP contribution in [0, 0.1) is 5.82 Å². The van der Waals surface area contributed by atoms with Gasteiger partial charge in [0.15, 0.2) is 0 Å². The molecule has 0 spiro atoms. The van der Waals surface area contributed by atoms with Crippen molar-refractivity contribution in [1.29, 1.82) is 0 Å². The molecule has 1 heterocycles. The molecule has 2 nitrogen and oxygen atoms in total. The topological polar surface area (TPSA) is 20.3 Å². The van der Waals surface area contributed by atoms with Crippen molar-refractivity contribution in [2.45, 2.75) is 13.0 Å². The van der Waals surface area contributed by atoms with Crippen molar-refractivity contribution in [3.05, 3.63) is 58.0 Å². The van der Waals surface area contributed by atoms with E-state index in [9.17, 15) is 9.18 Å². The number of hydrogen-bond acceptors (Lipinski definition) is 2. The molecule has 0 aliphatic carbocycles. The second kappa shape index (κ2) is 5.78. The fraction of sp³-hybridized carbons (Fsp3) is 0.214. The van der Waals surface area contributed by atoms with E-state index in [0.717, 1.165) is 10.4 Å². The fourth-order valence-corrected chi connectivity index (χ4v) is 2.39. The van der Waals surface area contributed by atoms with E-state index in [1.54, 1.807) is 35.4 Å². The number of halogens is 1. The molecule has 0 fully saturated rings. The maximum atomic E-state index is 12.7. The zero-order chi connectivity index (χ0) is 13.0. The summed E-state index contributed by atoms with van der Waals surface area (Å²) in [4.78, 5) is 14.8. The van der Waals surface area contributed by atoms with Gasteiger partial charge in [-0.1, -0.05) is 18.2 Å². The molecular weight excluding hydrogens is 249 g/mol. The minimum Gasteiger partial charge on any atom is -0.340 e. The summed E-state index contributed by atoms with van der Waals surface area (Å²) in [6, 6.07) is 10.0. The molecule has 2 aromatic rings. The van der Waals surface area contributed by atoms with Crippen molar-refractivity contribution in [3.63, 3.8) is 0 Å². The van der Waals surface area contributed by atoms with Gasteiger partial charge < -0.3 is 4.90 Å². The first kappa shape index (κ1) is 12.8. The monoisotopic (exact) mass is 263 g/mol. The van der Waals surface area contributed by atoms with Gasteiger partial charge in [-0.25, -0.2) is 4.39 Å². The molecule has 94 valence electrons. The van der Waals surface area contributed by atoms with Crippen LogP contribution in [0.15, 0.2) is 41.8 Å². The molecule has 0 atom stereocenters. The molecule has 0 unspecified atom stereocenters. The van der Waals surface area contributed by atoms with Crippen LogP contribution in [0.1, 0.15) is 10.4 Å². The summed E-state index contributed by atoms with van der Waals surface area (Å²) in [7, 11) is 1.78. The van der Waals surface area contributed by atoms with Crippen LogP contribution in [0.5, 0.6) is 0 Å². The minimum absolute atomic E-state index is 0.0370. The highest BCUT2D eigenvalue weighted by Crippen LogP contribution is 2.12. The summed E-state index contributed by atoms with van der Waals surface area (Å²) in [6.45, 7) is 0.623. The maximum absolute atomic E-state index is 12.7. The third-order valence-corrected chi connectivity index (χ3v) is 3.53. The number of benzene rings is 1. The highest BCUT2D eigenvalue weighted by Gasteiger charge is 2.10. The van der Waals surface area contributed by atoms with Gasteiger partial charge in [-0.2, -0.15) is 0 Å². The largest absolute Gasteiger partial charge is 0.340 e. The Hall–Kier alpha value is -1.68. The first-order valence-corrected chi connectivity index (χ1v) is 6.54. The summed E-state index contributed by atoms with van der Waals surface area (Å²) in [5.74, 6) is -0.242. The fourth-order valence-electron chi connectivity index (χ4n) is 1.64. The summed E-state index contributed by atoms with van der Waals surface area (Å²) < 4.78 is 12.7. The lowest BCUT2D eigenvalue weighted by Crippen LogP contribution is -2.27. The number of likely N-dealkylation sites (N-methyl/N-ethyl adjacent to an activating group) is 1. The van der Waals surface area contributed by atoms with Gasteiger partial charge in [0.1, 0.15) is 5.82 Å². The van der Waals surface area contributed by atoms with E-state index in [1.165, 1.54) is 12.1 Å². The van der Waals surface area contributed by atoms with Crippen LogP contribution in [0.4, 0.5) is 4.39 Å². The Morgan fingerprint density at radius 1 is 1.28 bits per heavy atom. The van der Waals surface area contributed by atoms with Crippen molar-refractivity contribution < 1.29 is 9.18 Å². The summed E-state index contributed by atoms with van der Waals surface area (Å²) >= 11 is 1.63. The number of rotatable bonds is 4. The smallest absolute Gasteiger partial charge is 0.227 e. The molecule has 1 aromatic carbocycles. The van der Waals surface area contributed by atoms with Crippen molar-refractivity contribution in [2.24, 2.45) is 0 Å². The molecule has 0 N–H and O–H groups in total. The van der Waals surface area contributed by atoms with E-state index in [-0.39, 0.29) is 11.7 Å². The molecule has 1 aromatic heterocycles. The van der Waals surface area contributed by atoms with Crippen molar-refractivity contribution in [2.75, 3.05) is 7.05 Å². The highest BCUT2D eigenvalue weighted by atomic mass is 32.1. The molecular formula is C14H14FNOS. The number of carbonyl (C=O) groups is 1. The van der Waals surface area contributed by atoms with Crippen LogP contribution in [-0.2, 0) is 17.8 Å². The lowest BCUT2D eigenvalue weighted by atomic mass is 10.1. The van der Waals surface area contributed by atoms with Gasteiger partial charge in [0, 0.05) is 11.9 Å². The van der Waals surface area contributed by atoms with Crippen LogP contribution in [0.25, 0.3) is 0 Å². The van der Waals surface area contributed by atoms with E-state index >= 15 is 0 Å². The SMILES string of the molecule is CN(Cc1cccs1)C(=O)Cc1ccc(F)cc1. The van der Waals surface area contributed by atoms with Crippen molar-refractivity contribution >= 4 is 17.2 Å². The van der Waals surface area contributed by atoms with E-state index in [4.69, 9.17) is 0 Å². The highest BCUT2D eigenvalue weighted by molar-refractivity contribution is 7.09. The summed E-state index contributed by atoms with van der Waals surface area (Å²) in [5.41, 5.74) is 0.833. The average Bonchev–Trinajstić information content (AvgIpc) is 2.85. The zero-order valence-electron chi connectivity index (χ0n) is 10.1. The van der Waals surface area contributed by atoms with Gasteiger partial charge in [0.25, 0.3) is 0 Å². The van der Waals surface area contributed by atoms with Crippen LogP contribution < -0.4 is 0 Å². The van der Waals surface area contributed by atoms with Crippen LogP contribution >= 0.6 is 11.3 Å². The second-order valence-corrected chi connectivity index (χ2v) is 5.16. The number of thiophene rings is 1. The average molecular weight is 263 g/mol. The molecule has 0 aliphatic rings. The van der Waals surface area contributed by atoms with Gasteiger partial charge in [0.05, 0.1) is 13.0 Å². The van der Waals surface area contributed by atoms with Gasteiger partial charge in [-0.15, -0.1) is 11.3 Å². The molecule has 0 aliphatic heterocycles. The van der Waals surface area contributed by atoms with Crippen LogP contribution in [0.3, 0.4) is 0 Å². The predicted molar refractivity (Wildman–Crippen MR) is 70.9 cm³/mol. The summed E-state index contributed by atoms with van der Waals surface area (Å²) in [5, 5.41) is 1.99. The van der Waals surface area contributed by atoms with Gasteiger partial charge in [-0.05, 0) is 29.1 Å². The number of hydrogen-bond donors (Lipinski definition) is 0. The Morgan fingerprint density at radius 2 is 2.00 bits per heavy atom.